The molecule has 25 heavy (non-hydrogen) atoms. The molecule has 2 rings (SSSR count). The number of hydrogen-bond donors (Lipinski definition) is 2. The highest BCUT2D eigenvalue weighted by Crippen LogP contribution is 2.13. The number of anilines is 1. The molecule has 0 unspecified atom stereocenters. The van der Waals surface area contributed by atoms with Gasteiger partial charge in [-0.2, -0.15) is 5.26 Å². The van der Waals surface area contributed by atoms with E-state index in [1.54, 1.807) is 6.07 Å². The molecule has 8 heteroatoms. The molecule has 0 saturated carbocycles. The number of rotatable bonds is 4. The van der Waals surface area contributed by atoms with E-state index in [0.29, 0.717) is 13.1 Å². The van der Waals surface area contributed by atoms with E-state index in [-0.39, 0.29) is 23.5 Å². The van der Waals surface area contributed by atoms with Gasteiger partial charge in [-0.25, -0.2) is 4.39 Å². The summed E-state index contributed by atoms with van der Waals surface area (Å²) in [7, 11) is 0. The summed E-state index contributed by atoms with van der Waals surface area (Å²) in [5, 5.41) is 13.7. The average molecular weight is 348 g/mol. The van der Waals surface area contributed by atoms with E-state index < -0.39 is 17.6 Å². The van der Waals surface area contributed by atoms with Crippen molar-refractivity contribution < 1.29 is 18.7 Å². The standard InChI is InChI=1S/C17H21FN4O3/c1-11-9-22(10-12(2)25-11)6-5-20-16(23)17(24)21-14-3-4-15(18)13(7-14)8-19/h3-4,7,11-12H,5-6,9-10H2,1-2H3,(H,20,23)(H,21,24)/t11-,12-/m0/s1. The third kappa shape index (κ3) is 5.52. The Morgan fingerprint density at radius 1 is 1.32 bits per heavy atom. The highest BCUT2D eigenvalue weighted by Gasteiger charge is 2.22. The van der Waals surface area contributed by atoms with Gasteiger partial charge in [-0.3, -0.25) is 14.5 Å². The number of ether oxygens (including phenoxy) is 1. The van der Waals surface area contributed by atoms with E-state index in [0.717, 1.165) is 19.2 Å². The van der Waals surface area contributed by atoms with Gasteiger partial charge in [0.2, 0.25) is 0 Å². The van der Waals surface area contributed by atoms with E-state index in [2.05, 4.69) is 15.5 Å². The van der Waals surface area contributed by atoms with Gasteiger partial charge in [-0.1, -0.05) is 0 Å². The van der Waals surface area contributed by atoms with Crippen LogP contribution >= 0.6 is 0 Å². The summed E-state index contributed by atoms with van der Waals surface area (Å²) in [5.74, 6) is -2.32. The molecule has 134 valence electrons. The lowest BCUT2D eigenvalue weighted by Crippen LogP contribution is -2.48. The minimum atomic E-state index is -0.862. The molecule has 0 bridgehead atoms. The maximum absolute atomic E-state index is 13.2. The summed E-state index contributed by atoms with van der Waals surface area (Å²) in [5.41, 5.74) is -0.0114. The van der Waals surface area contributed by atoms with Crippen LogP contribution in [0.4, 0.5) is 10.1 Å². The molecule has 0 aliphatic carbocycles. The lowest BCUT2D eigenvalue weighted by molar-refractivity contribution is -0.136. The monoisotopic (exact) mass is 348 g/mol. The lowest BCUT2D eigenvalue weighted by Gasteiger charge is -2.35. The minimum absolute atomic E-state index is 0.135. The number of benzene rings is 1. The van der Waals surface area contributed by atoms with Crippen molar-refractivity contribution in [3.63, 3.8) is 0 Å². The second kappa shape index (κ2) is 8.55. The molecule has 1 fully saturated rings. The fourth-order valence-electron chi connectivity index (χ4n) is 2.75. The first-order valence-corrected chi connectivity index (χ1v) is 8.05. The number of halogens is 1. The third-order valence-corrected chi connectivity index (χ3v) is 3.76. The Labute approximate surface area is 145 Å². The van der Waals surface area contributed by atoms with Crippen molar-refractivity contribution in [3.05, 3.63) is 29.6 Å². The molecule has 7 nitrogen and oxygen atoms in total. The van der Waals surface area contributed by atoms with Crippen molar-refractivity contribution in [2.45, 2.75) is 26.1 Å². The molecule has 0 spiro atoms. The van der Waals surface area contributed by atoms with Crippen LogP contribution in [0.2, 0.25) is 0 Å². The van der Waals surface area contributed by atoms with E-state index in [1.165, 1.54) is 12.1 Å². The minimum Gasteiger partial charge on any atom is -0.373 e. The fourth-order valence-corrected chi connectivity index (χ4v) is 2.75. The Balaban J connectivity index is 1.79. The first kappa shape index (κ1) is 18.8. The molecule has 0 aromatic heterocycles. The Bertz CT molecular complexity index is 679. The summed E-state index contributed by atoms with van der Waals surface area (Å²) in [6.45, 7) is 6.49. The number of nitriles is 1. The zero-order chi connectivity index (χ0) is 18.4. The van der Waals surface area contributed by atoms with Gasteiger partial charge in [-0.15, -0.1) is 0 Å². The van der Waals surface area contributed by atoms with Gasteiger partial charge < -0.3 is 15.4 Å². The molecule has 0 radical (unpaired) electrons. The first-order valence-electron chi connectivity index (χ1n) is 8.05. The summed E-state index contributed by atoms with van der Waals surface area (Å²) in [4.78, 5) is 25.8. The number of nitrogens with zero attached hydrogens (tertiary/aromatic N) is 2. The van der Waals surface area contributed by atoms with Crippen LogP contribution in [0.3, 0.4) is 0 Å². The molecular formula is C17H21FN4O3. The van der Waals surface area contributed by atoms with Gasteiger partial charge in [0.15, 0.2) is 0 Å². The van der Waals surface area contributed by atoms with Gasteiger partial charge in [0.25, 0.3) is 0 Å². The number of carbonyl (C=O) groups excluding carboxylic acids is 2. The SMILES string of the molecule is C[C@H]1CN(CCNC(=O)C(=O)Nc2ccc(F)c(C#N)c2)C[C@H](C)O1. The van der Waals surface area contributed by atoms with Crippen LogP contribution in [0.25, 0.3) is 0 Å². The molecular weight excluding hydrogens is 327 g/mol. The number of morpholine rings is 1. The number of carbonyl (C=O) groups is 2. The Hall–Kier alpha value is -2.50. The van der Waals surface area contributed by atoms with Crippen LogP contribution in [-0.4, -0.2) is 55.1 Å². The molecule has 1 aliphatic rings. The smallest absolute Gasteiger partial charge is 0.313 e. The Morgan fingerprint density at radius 2 is 2.00 bits per heavy atom. The van der Waals surface area contributed by atoms with Crippen LogP contribution < -0.4 is 10.6 Å². The van der Waals surface area contributed by atoms with Gasteiger partial charge in [0.05, 0.1) is 17.8 Å². The molecule has 2 N–H and O–H groups in total. The Morgan fingerprint density at radius 3 is 2.64 bits per heavy atom. The quantitative estimate of drug-likeness (QED) is 0.787. The molecule has 2 amide bonds. The van der Waals surface area contributed by atoms with E-state index in [4.69, 9.17) is 10.00 Å². The van der Waals surface area contributed by atoms with Gasteiger partial charge in [0.1, 0.15) is 11.9 Å². The summed E-state index contributed by atoms with van der Waals surface area (Å²) < 4.78 is 18.9. The second-order valence-electron chi connectivity index (χ2n) is 6.03. The van der Waals surface area contributed by atoms with Crippen molar-refractivity contribution in [1.29, 1.82) is 5.26 Å². The zero-order valence-electron chi connectivity index (χ0n) is 14.2. The molecule has 1 aliphatic heterocycles. The molecule has 1 aromatic rings. The van der Waals surface area contributed by atoms with Crippen molar-refractivity contribution in [2.24, 2.45) is 0 Å². The second-order valence-corrected chi connectivity index (χ2v) is 6.03. The molecule has 2 atom stereocenters. The van der Waals surface area contributed by atoms with Crippen molar-refractivity contribution in [3.8, 4) is 6.07 Å². The van der Waals surface area contributed by atoms with Crippen LogP contribution in [0.5, 0.6) is 0 Å². The topological polar surface area (TPSA) is 94.5 Å². The average Bonchev–Trinajstić information content (AvgIpc) is 2.55. The van der Waals surface area contributed by atoms with Gasteiger partial charge in [-0.05, 0) is 32.0 Å². The highest BCUT2D eigenvalue weighted by atomic mass is 19.1. The number of amides is 2. The number of nitrogens with one attached hydrogen (secondary N) is 2. The molecule has 1 heterocycles. The third-order valence-electron chi connectivity index (χ3n) is 3.76. The van der Waals surface area contributed by atoms with Crippen LogP contribution in [0.15, 0.2) is 18.2 Å². The van der Waals surface area contributed by atoms with E-state index >= 15 is 0 Å². The number of hydrogen-bond acceptors (Lipinski definition) is 5. The van der Waals surface area contributed by atoms with Crippen LogP contribution in [0.1, 0.15) is 19.4 Å². The van der Waals surface area contributed by atoms with Crippen molar-refractivity contribution in [2.75, 3.05) is 31.5 Å². The Kier molecular flexibility index (Phi) is 6.44. The fraction of sp³-hybridized carbons (Fsp3) is 0.471. The maximum Gasteiger partial charge on any atom is 0.313 e. The van der Waals surface area contributed by atoms with Crippen LogP contribution in [0, 0.1) is 17.1 Å². The predicted octanol–water partition coefficient (Wildman–Crippen LogP) is 0.861. The van der Waals surface area contributed by atoms with E-state index in [9.17, 15) is 14.0 Å². The largest absolute Gasteiger partial charge is 0.373 e. The van der Waals surface area contributed by atoms with Gasteiger partial charge >= 0.3 is 11.8 Å². The molecule has 1 saturated heterocycles. The maximum atomic E-state index is 13.2. The van der Waals surface area contributed by atoms with Crippen molar-refractivity contribution >= 4 is 17.5 Å². The van der Waals surface area contributed by atoms with Gasteiger partial charge in [0, 0.05) is 31.9 Å². The summed E-state index contributed by atoms with van der Waals surface area (Å²) in [6, 6.07) is 5.20. The first-order chi connectivity index (χ1) is 11.9. The zero-order valence-corrected chi connectivity index (χ0v) is 14.2. The normalized spacial score (nSPS) is 20.6. The predicted molar refractivity (Wildman–Crippen MR) is 89.2 cm³/mol. The summed E-state index contributed by atoms with van der Waals surface area (Å²) in [6.07, 6.45) is 0.270. The summed E-state index contributed by atoms with van der Waals surface area (Å²) >= 11 is 0. The lowest BCUT2D eigenvalue weighted by atomic mass is 10.2. The van der Waals surface area contributed by atoms with E-state index in [1.807, 2.05) is 13.8 Å². The van der Waals surface area contributed by atoms with Crippen molar-refractivity contribution in [1.82, 2.24) is 10.2 Å². The molecule has 1 aromatic carbocycles. The highest BCUT2D eigenvalue weighted by molar-refractivity contribution is 6.39. The van der Waals surface area contributed by atoms with Crippen LogP contribution in [-0.2, 0) is 14.3 Å².